The van der Waals surface area contributed by atoms with Gasteiger partial charge in [0.1, 0.15) is 5.82 Å². The second-order valence-electron chi connectivity index (χ2n) is 2.53. The molecule has 3 N–H and O–H groups in total. The molecule has 0 aliphatic rings. The van der Waals surface area contributed by atoms with Crippen molar-refractivity contribution in [1.82, 2.24) is 0 Å². The fraction of sp³-hybridized carbons (Fsp3) is 0.125. The summed E-state index contributed by atoms with van der Waals surface area (Å²) < 4.78 is 12.8. The first-order valence-corrected chi connectivity index (χ1v) is 3.84. The Kier molecular flexibility index (Phi) is 3.11. The van der Waals surface area contributed by atoms with E-state index < -0.39 is 5.82 Å². The van der Waals surface area contributed by atoms with E-state index in [4.69, 9.17) is 11.3 Å². The highest BCUT2D eigenvalue weighted by Crippen LogP contribution is 2.28. The molecule has 0 aliphatic carbocycles. The van der Waals surface area contributed by atoms with Gasteiger partial charge in [-0.3, -0.25) is 0 Å². The second kappa shape index (κ2) is 4.31. The number of rotatable bonds is 3. The molecule has 0 spiro atoms. The van der Waals surface area contributed by atoms with Crippen molar-refractivity contribution in [2.75, 3.05) is 12.1 Å². The van der Waals surface area contributed by atoms with Crippen molar-refractivity contribution in [1.29, 1.82) is 5.53 Å². The molecule has 1 rings (SSSR count). The number of aliphatic imine (C=N–C) groups is 1. The summed E-state index contributed by atoms with van der Waals surface area (Å²) in [5.41, 5.74) is 12.8. The number of nitrogens with two attached hydrogens (primary N) is 1. The highest BCUT2D eigenvalue weighted by Gasteiger charge is 2.06. The third kappa shape index (κ3) is 2.03. The number of halogens is 1. The van der Waals surface area contributed by atoms with Gasteiger partial charge in [-0.25, -0.2) is 14.4 Å². The van der Waals surface area contributed by atoms with Crippen LogP contribution < -0.4 is 10.7 Å². The van der Waals surface area contributed by atoms with Crippen molar-refractivity contribution >= 4 is 17.7 Å². The van der Waals surface area contributed by atoms with E-state index in [0.717, 1.165) is 6.34 Å². The average Bonchev–Trinajstić information content (AvgIpc) is 2.17. The average molecular weight is 195 g/mol. The van der Waals surface area contributed by atoms with Gasteiger partial charge in [0.05, 0.1) is 17.7 Å². The fourth-order valence-corrected chi connectivity index (χ4v) is 1.01. The van der Waals surface area contributed by atoms with Crippen LogP contribution in [0.15, 0.2) is 28.4 Å². The molecule has 0 amide bonds. The lowest BCUT2D eigenvalue weighted by Crippen LogP contribution is -2.07. The van der Waals surface area contributed by atoms with E-state index in [1.165, 1.54) is 23.2 Å². The monoisotopic (exact) mass is 195 g/mol. The van der Waals surface area contributed by atoms with E-state index in [1.54, 1.807) is 7.05 Å². The van der Waals surface area contributed by atoms with Gasteiger partial charge in [0, 0.05) is 13.1 Å². The lowest BCUT2D eigenvalue weighted by molar-refractivity contribution is 0.628. The van der Waals surface area contributed by atoms with Crippen LogP contribution in [-0.2, 0) is 0 Å². The first-order chi connectivity index (χ1) is 6.69. The minimum atomic E-state index is -0.410. The zero-order chi connectivity index (χ0) is 10.6. The Morgan fingerprint density at radius 3 is 2.86 bits per heavy atom. The number of anilines is 1. The van der Waals surface area contributed by atoms with Gasteiger partial charge in [-0.2, -0.15) is 5.53 Å². The second-order valence-corrected chi connectivity index (χ2v) is 2.53. The Morgan fingerprint density at radius 2 is 2.29 bits per heavy atom. The van der Waals surface area contributed by atoms with Gasteiger partial charge in [-0.1, -0.05) is 5.22 Å². The molecule has 0 unspecified atom stereocenters. The molecule has 0 fully saturated rings. The minimum absolute atomic E-state index is 0.339. The molecule has 1 aromatic rings. The summed E-state index contributed by atoms with van der Waals surface area (Å²) in [5, 5.41) is 4.44. The molecule has 0 radical (unpaired) electrons. The molecule has 0 bridgehead atoms. The minimum Gasteiger partial charge on any atom is -0.390 e. The van der Waals surface area contributed by atoms with Crippen LogP contribution in [0.2, 0.25) is 0 Å². The number of benzene rings is 1. The van der Waals surface area contributed by atoms with Crippen LogP contribution >= 0.6 is 0 Å². The van der Waals surface area contributed by atoms with Crippen LogP contribution in [0, 0.1) is 11.3 Å². The van der Waals surface area contributed by atoms with Gasteiger partial charge in [-0.15, -0.1) is 0 Å². The smallest absolute Gasteiger partial charge is 0.125 e. The molecular formula is C8H10FN5. The quantitative estimate of drug-likeness (QED) is 0.334. The molecule has 5 nitrogen and oxygen atoms in total. The fourth-order valence-electron chi connectivity index (χ4n) is 1.01. The van der Waals surface area contributed by atoms with Crippen molar-refractivity contribution in [2.24, 2.45) is 15.9 Å². The van der Waals surface area contributed by atoms with Crippen LogP contribution in [0.4, 0.5) is 15.8 Å². The van der Waals surface area contributed by atoms with E-state index in [1.807, 2.05) is 0 Å². The molecule has 0 atom stereocenters. The highest BCUT2D eigenvalue weighted by molar-refractivity contribution is 5.71. The Morgan fingerprint density at radius 1 is 1.57 bits per heavy atom. The summed E-state index contributed by atoms with van der Waals surface area (Å²) in [7, 11) is 1.57. The highest BCUT2D eigenvalue weighted by atomic mass is 19.1. The normalized spacial score (nSPS) is 10.4. The summed E-state index contributed by atoms with van der Waals surface area (Å²) in [4.78, 5) is 3.76. The van der Waals surface area contributed by atoms with Crippen molar-refractivity contribution in [3.8, 4) is 0 Å². The Bertz CT molecular complexity index is 363. The molecule has 0 heterocycles. The van der Waals surface area contributed by atoms with Gasteiger partial charge >= 0.3 is 0 Å². The van der Waals surface area contributed by atoms with E-state index in [-0.39, 0.29) is 0 Å². The Labute approximate surface area is 80.5 Å². The zero-order valence-electron chi connectivity index (χ0n) is 7.61. The van der Waals surface area contributed by atoms with E-state index in [0.29, 0.717) is 11.4 Å². The molecule has 1 aromatic carbocycles. The maximum Gasteiger partial charge on any atom is 0.125 e. The molecule has 6 heteroatoms. The van der Waals surface area contributed by atoms with E-state index in [9.17, 15) is 4.39 Å². The predicted octanol–water partition coefficient (Wildman–Crippen LogP) is 1.83. The first-order valence-electron chi connectivity index (χ1n) is 3.84. The van der Waals surface area contributed by atoms with Gasteiger partial charge < -0.3 is 5.73 Å². The summed E-state index contributed by atoms with van der Waals surface area (Å²) in [6, 6.07) is 3.97. The molecular weight excluding hydrogens is 185 g/mol. The number of hydrogen-bond donors (Lipinski definition) is 2. The summed E-state index contributed by atoms with van der Waals surface area (Å²) in [5.74, 6) is -0.410. The van der Waals surface area contributed by atoms with Crippen LogP contribution in [-0.4, -0.2) is 13.4 Å². The van der Waals surface area contributed by atoms with Gasteiger partial charge in [0.15, 0.2) is 0 Å². The van der Waals surface area contributed by atoms with Crippen LogP contribution in [0.5, 0.6) is 0 Å². The van der Waals surface area contributed by atoms with Crippen molar-refractivity contribution in [2.45, 2.75) is 0 Å². The third-order valence-corrected chi connectivity index (χ3v) is 1.65. The summed E-state index contributed by atoms with van der Waals surface area (Å²) >= 11 is 0. The van der Waals surface area contributed by atoms with Gasteiger partial charge in [-0.05, 0) is 12.1 Å². The van der Waals surface area contributed by atoms with Crippen molar-refractivity contribution in [3.63, 3.8) is 0 Å². The predicted molar refractivity (Wildman–Crippen MR) is 52.3 cm³/mol. The van der Waals surface area contributed by atoms with Crippen LogP contribution in [0.25, 0.3) is 0 Å². The van der Waals surface area contributed by atoms with Crippen LogP contribution in [0.3, 0.4) is 0 Å². The number of hydrogen-bond acceptors (Lipinski definition) is 3. The lowest BCUT2D eigenvalue weighted by Gasteiger charge is -2.12. The molecule has 74 valence electrons. The van der Waals surface area contributed by atoms with Crippen molar-refractivity contribution < 1.29 is 4.39 Å². The topological polar surface area (TPSA) is 77.8 Å². The van der Waals surface area contributed by atoms with E-state index in [2.05, 4.69) is 10.2 Å². The lowest BCUT2D eigenvalue weighted by atomic mass is 10.2. The molecule has 0 saturated carbocycles. The number of nitrogens with zero attached hydrogens (tertiary/aromatic N) is 3. The third-order valence-electron chi connectivity index (χ3n) is 1.65. The molecule has 14 heavy (non-hydrogen) atoms. The van der Waals surface area contributed by atoms with Gasteiger partial charge in [0.25, 0.3) is 0 Å². The molecule has 0 saturated heterocycles. The first kappa shape index (κ1) is 10.1. The van der Waals surface area contributed by atoms with Crippen LogP contribution in [0.1, 0.15) is 0 Å². The number of nitrogens with one attached hydrogen (secondary N) is 1. The standard InChI is InChI=1S/C8H10FN5/c1-14(13-11)8-3-2-6(9)4-7(8)12-5-10/h2-5,11H,1H3,(H2,10,12). The maximum absolute atomic E-state index is 12.8. The maximum atomic E-state index is 12.8. The summed E-state index contributed by atoms with van der Waals surface area (Å²) in [6.45, 7) is 0. The molecule has 0 aromatic heterocycles. The zero-order valence-corrected chi connectivity index (χ0v) is 7.61. The SMILES string of the molecule is CN(N=N)c1ccc(F)cc1N=CN. The van der Waals surface area contributed by atoms with E-state index >= 15 is 0 Å². The Balaban J connectivity index is 3.20. The van der Waals surface area contributed by atoms with Gasteiger partial charge in [0.2, 0.25) is 0 Å². The molecule has 0 aliphatic heterocycles. The van der Waals surface area contributed by atoms with Crippen molar-refractivity contribution in [3.05, 3.63) is 24.0 Å². The summed E-state index contributed by atoms with van der Waals surface area (Å²) in [6.07, 6.45) is 1.07. The Hall–Kier alpha value is -1.98. The largest absolute Gasteiger partial charge is 0.390 e.